The average molecular weight is 107 g/mol. The summed E-state index contributed by atoms with van der Waals surface area (Å²) < 4.78 is 0. The molecular formula is C3H3ClS. The first-order valence-electron chi connectivity index (χ1n) is 1.09. The fourth-order valence-corrected chi connectivity index (χ4v) is 0.283. The van der Waals surface area contributed by atoms with Gasteiger partial charge < -0.3 is 0 Å². The fourth-order valence-electron chi connectivity index (χ4n) is 0.0315. The fraction of sp³-hybridized carbons (Fsp3) is 0.333. The first-order chi connectivity index (χ1) is 2.41. The summed E-state index contributed by atoms with van der Waals surface area (Å²) in [7, 11) is 6.21. The van der Waals surface area contributed by atoms with E-state index in [1.54, 1.807) is 0 Å². The Morgan fingerprint density at radius 2 is 2.60 bits per heavy atom. The highest BCUT2D eigenvalue weighted by Crippen LogP contribution is 2.01. The van der Waals surface area contributed by atoms with Gasteiger partial charge in [-0.3, -0.25) is 0 Å². The van der Waals surface area contributed by atoms with Gasteiger partial charge in [0, 0.05) is 0 Å². The number of hydrogen-bond acceptors (Lipinski definition) is 1. The minimum absolute atomic E-state index is 0.599. The molecule has 0 aromatic rings. The molecule has 0 saturated heterocycles. The van der Waals surface area contributed by atoms with Crippen molar-refractivity contribution in [1.82, 2.24) is 0 Å². The van der Waals surface area contributed by atoms with Gasteiger partial charge >= 0.3 is 0 Å². The van der Waals surface area contributed by atoms with E-state index in [1.165, 1.54) is 0 Å². The second-order valence-corrected chi connectivity index (χ2v) is 1.62. The van der Waals surface area contributed by atoms with Crippen molar-refractivity contribution in [3.8, 4) is 12.3 Å². The molecule has 28 valence electrons. The molecule has 0 amide bonds. The zero-order valence-electron chi connectivity index (χ0n) is 2.57. The third kappa shape index (κ3) is 4.20. The Balaban J connectivity index is 2.48. The lowest BCUT2D eigenvalue weighted by Gasteiger charge is -1.66. The standard InChI is InChI=1S/C3H3ClS/c1-2-3-5-4/h1H,3H2. The van der Waals surface area contributed by atoms with Crippen LogP contribution in [0.2, 0.25) is 0 Å². The van der Waals surface area contributed by atoms with Gasteiger partial charge in [0.05, 0.1) is 5.75 Å². The van der Waals surface area contributed by atoms with Crippen LogP contribution in [0.1, 0.15) is 0 Å². The molecule has 0 aromatic carbocycles. The van der Waals surface area contributed by atoms with Crippen LogP contribution in [0.25, 0.3) is 0 Å². The third-order valence-electron chi connectivity index (χ3n) is 0.138. The van der Waals surface area contributed by atoms with Crippen LogP contribution in [0.15, 0.2) is 0 Å². The number of terminal acetylenes is 1. The van der Waals surface area contributed by atoms with Crippen molar-refractivity contribution in [3.05, 3.63) is 0 Å². The third-order valence-corrected chi connectivity index (χ3v) is 0.741. The van der Waals surface area contributed by atoms with E-state index >= 15 is 0 Å². The molecule has 0 N–H and O–H groups in total. The van der Waals surface area contributed by atoms with Gasteiger partial charge in [0.25, 0.3) is 0 Å². The Morgan fingerprint density at radius 1 is 2.00 bits per heavy atom. The van der Waals surface area contributed by atoms with E-state index in [4.69, 9.17) is 17.1 Å². The van der Waals surface area contributed by atoms with Crippen LogP contribution in [0.3, 0.4) is 0 Å². The summed E-state index contributed by atoms with van der Waals surface area (Å²) in [6, 6.07) is 0. The maximum absolute atomic E-state index is 5.08. The van der Waals surface area contributed by atoms with Crippen LogP contribution < -0.4 is 0 Å². The van der Waals surface area contributed by atoms with Crippen LogP contribution in [-0.2, 0) is 0 Å². The van der Waals surface area contributed by atoms with Crippen LogP contribution in [0, 0.1) is 12.3 Å². The van der Waals surface area contributed by atoms with E-state index in [-0.39, 0.29) is 0 Å². The van der Waals surface area contributed by atoms with Crippen molar-refractivity contribution < 1.29 is 0 Å². The molecule has 0 atom stereocenters. The van der Waals surface area contributed by atoms with Crippen molar-refractivity contribution in [1.29, 1.82) is 0 Å². The zero-order chi connectivity index (χ0) is 4.12. The van der Waals surface area contributed by atoms with Crippen molar-refractivity contribution in [3.63, 3.8) is 0 Å². The molecule has 0 unspecified atom stereocenters. The predicted molar refractivity (Wildman–Crippen MR) is 27.1 cm³/mol. The monoisotopic (exact) mass is 106 g/mol. The van der Waals surface area contributed by atoms with Crippen LogP contribution >= 0.6 is 21.7 Å². The quantitative estimate of drug-likeness (QED) is 0.457. The highest BCUT2D eigenvalue weighted by molar-refractivity contribution is 8.21. The normalized spacial score (nSPS) is 6.40. The van der Waals surface area contributed by atoms with Gasteiger partial charge in [-0.15, -0.1) is 6.42 Å². The second kappa shape index (κ2) is 4.20. The molecule has 0 aliphatic heterocycles. The number of hydrogen-bond donors (Lipinski definition) is 0. The van der Waals surface area contributed by atoms with Crippen molar-refractivity contribution in [2.24, 2.45) is 0 Å². The average Bonchev–Trinajstić information content (AvgIpc) is 1.41. The molecule has 0 bridgehead atoms. The summed E-state index contributed by atoms with van der Waals surface area (Å²) in [4.78, 5) is 0. The lowest BCUT2D eigenvalue weighted by atomic mass is 10.8. The summed E-state index contributed by atoms with van der Waals surface area (Å²) in [6.45, 7) is 0. The predicted octanol–water partition coefficient (Wildman–Crippen LogP) is 1.51. The van der Waals surface area contributed by atoms with Gasteiger partial charge in [0.15, 0.2) is 0 Å². The van der Waals surface area contributed by atoms with Gasteiger partial charge in [-0.1, -0.05) is 5.92 Å². The largest absolute Gasteiger partial charge is 0.119 e. The maximum Gasteiger partial charge on any atom is 0.0696 e. The van der Waals surface area contributed by atoms with Crippen molar-refractivity contribution in [2.75, 3.05) is 5.75 Å². The lowest BCUT2D eigenvalue weighted by Crippen LogP contribution is -1.54. The minimum Gasteiger partial charge on any atom is -0.119 e. The van der Waals surface area contributed by atoms with Crippen molar-refractivity contribution in [2.45, 2.75) is 0 Å². The lowest BCUT2D eigenvalue weighted by molar-refractivity contribution is 1.99. The van der Waals surface area contributed by atoms with Gasteiger partial charge in [-0.05, 0) is 21.7 Å². The summed E-state index contributed by atoms with van der Waals surface area (Å²) in [5.74, 6) is 2.95. The summed E-state index contributed by atoms with van der Waals surface area (Å²) >= 11 is 0. The van der Waals surface area contributed by atoms with Crippen LogP contribution in [0.5, 0.6) is 0 Å². The maximum atomic E-state index is 5.08. The molecule has 0 heterocycles. The van der Waals surface area contributed by atoms with Crippen LogP contribution in [0.4, 0.5) is 0 Å². The Labute approximate surface area is 40.4 Å². The molecule has 0 aromatic heterocycles. The molecule has 5 heavy (non-hydrogen) atoms. The van der Waals surface area contributed by atoms with E-state index in [0.717, 1.165) is 11.0 Å². The van der Waals surface area contributed by atoms with Gasteiger partial charge in [0.1, 0.15) is 0 Å². The number of halogens is 1. The molecule has 0 aliphatic carbocycles. The van der Waals surface area contributed by atoms with Gasteiger partial charge in [-0.2, -0.15) is 0 Å². The topological polar surface area (TPSA) is 0 Å². The van der Waals surface area contributed by atoms with Crippen molar-refractivity contribution >= 4 is 21.7 Å². The van der Waals surface area contributed by atoms with E-state index < -0.39 is 0 Å². The summed E-state index contributed by atoms with van der Waals surface area (Å²) in [6.07, 6.45) is 4.78. The molecule has 2 heteroatoms. The Morgan fingerprint density at radius 3 is 2.60 bits per heavy atom. The SMILES string of the molecule is C#CCSCl. The van der Waals surface area contributed by atoms with Gasteiger partial charge in [-0.25, -0.2) is 0 Å². The highest BCUT2D eigenvalue weighted by Gasteiger charge is 1.64. The van der Waals surface area contributed by atoms with Gasteiger partial charge in [0.2, 0.25) is 0 Å². The molecule has 0 radical (unpaired) electrons. The summed E-state index contributed by atoms with van der Waals surface area (Å²) in [5.41, 5.74) is 0. The second-order valence-electron chi connectivity index (χ2n) is 0.458. The first kappa shape index (κ1) is 5.20. The van der Waals surface area contributed by atoms with E-state index in [2.05, 4.69) is 5.92 Å². The smallest absolute Gasteiger partial charge is 0.0696 e. The van der Waals surface area contributed by atoms with E-state index in [1.807, 2.05) is 0 Å². The Hall–Kier alpha value is 0.200. The molecule has 0 aliphatic rings. The first-order valence-corrected chi connectivity index (χ1v) is 2.90. The van der Waals surface area contributed by atoms with E-state index in [9.17, 15) is 0 Å². The minimum atomic E-state index is 0.599. The highest BCUT2D eigenvalue weighted by atomic mass is 35.7. The summed E-state index contributed by atoms with van der Waals surface area (Å²) in [5, 5.41) is 0. The molecular weight excluding hydrogens is 104 g/mol. The Kier molecular flexibility index (Phi) is 4.37. The molecule has 0 spiro atoms. The molecule has 0 fully saturated rings. The zero-order valence-corrected chi connectivity index (χ0v) is 4.14. The molecule has 0 nitrogen and oxygen atoms in total. The van der Waals surface area contributed by atoms with E-state index in [0.29, 0.717) is 5.75 Å². The van der Waals surface area contributed by atoms with Crippen LogP contribution in [-0.4, -0.2) is 5.75 Å². The molecule has 0 rings (SSSR count). The molecule has 0 saturated carbocycles. The Bertz CT molecular complexity index is 45.3. The number of rotatable bonds is 1.